The lowest BCUT2D eigenvalue weighted by molar-refractivity contribution is 0.0691. The Labute approximate surface area is 122 Å². The van der Waals surface area contributed by atoms with Crippen molar-refractivity contribution in [3.63, 3.8) is 0 Å². The molecule has 0 spiro atoms. The molecule has 0 aliphatic carbocycles. The van der Waals surface area contributed by atoms with Crippen LogP contribution in [0, 0.1) is 0 Å². The molecular formula is C16H16N2O3. The third-order valence-corrected chi connectivity index (χ3v) is 3.17. The van der Waals surface area contributed by atoms with Crippen LogP contribution in [0.15, 0.2) is 48.5 Å². The van der Waals surface area contributed by atoms with Crippen molar-refractivity contribution in [3.05, 3.63) is 65.2 Å². The van der Waals surface area contributed by atoms with E-state index in [4.69, 9.17) is 16.6 Å². The van der Waals surface area contributed by atoms with Gasteiger partial charge in [-0.05, 0) is 30.2 Å². The summed E-state index contributed by atoms with van der Waals surface area (Å²) < 4.78 is 0. The van der Waals surface area contributed by atoms with E-state index in [9.17, 15) is 9.59 Å². The molecule has 0 amide bonds. The van der Waals surface area contributed by atoms with Gasteiger partial charge in [0.15, 0.2) is 5.78 Å². The Morgan fingerprint density at radius 2 is 1.71 bits per heavy atom. The normalized spacial score (nSPS) is 11.9. The van der Waals surface area contributed by atoms with E-state index < -0.39 is 17.8 Å². The molecular weight excluding hydrogens is 268 g/mol. The molecule has 0 radical (unpaired) electrons. The quantitative estimate of drug-likeness (QED) is 0.572. The number of benzene rings is 2. The Kier molecular flexibility index (Phi) is 4.35. The molecule has 5 nitrogen and oxygen atoms in total. The highest BCUT2D eigenvalue weighted by Gasteiger charge is 2.22. The van der Waals surface area contributed by atoms with Crippen molar-refractivity contribution in [2.75, 3.05) is 5.73 Å². The van der Waals surface area contributed by atoms with E-state index in [-0.39, 0.29) is 11.1 Å². The number of hydrogen-bond acceptors (Lipinski definition) is 4. The highest BCUT2D eigenvalue weighted by Crippen LogP contribution is 2.17. The largest absolute Gasteiger partial charge is 0.478 e. The molecule has 0 aliphatic rings. The summed E-state index contributed by atoms with van der Waals surface area (Å²) in [6, 6.07) is 12.6. The number of carboxylic acid groups (broad SMARTS) is 1. The lowest BCUT2D eigenvalue weighted by Crippen LogP contribution is -2.33. The fraction of sp³-hybridized carbons (Fsp3) is 0.125. The van der Waals surface area contributed by atoms with Gasteiger partial charge in [-0.25, -0.2) is 4.79 Å². The minimum Gasteiger partial charge on any atom is -0.478 e. The molecule has 0 fully saturated rings. The highest BCUT2D eigenvalue weighted by atomic mass is 16.4. The van der Waals surface area contributed by atoms with Gasteiger partial charge in [0, 0.05) is 11.3 Å². The topological polar surface area (TPSA) is 106 Å². The number of aromatic carboxylic acids is 1. The molecule has 0 saturated carbocycles. The van der Waals surface area contributed by atoms with Crippen molar-refractivity contribution < 1.29 is 14.7 Å². The van der Waals surface area contributed by atoms with Crippen molar-refractivity contribution >= 4 is 17.4 Å². The monoisotopic (exact) mass is 284 g/mol. The van der Waals surface area contributed by atoms with Crippen LogP contribution < -0.4 is 11.5 Å². The van der Waals surface area contributed by atoms with Crippen LogP contribution in [0.2, 0.25) is 0 Å². The molecule has 5 N–H and O–H groups in total. The first-order valence-corrected chi connectivity index (χ1v) is 6.45. The van der Waals surface area contributed by atoms with Gasteiger partial charge < -0.3 is 16.6 Å². The Bertz CT molecular complexity index is 668. The molecule has 108 valence electrons. The number of carbonyl (C=O) groups excluding carboxylic acids is 1. The molecule has 21 heavy (non-hydrogen) atoms. The first kappa shape index (κ1) is 14.7. The molecule has 0 bridgehead atoms. The number of carboxylic acids is 1. The molecule has 5 heteroatoms. The van der Waals surface area contributed by atoms with E-state index in [0.29, 0.717) is 12.1 Å². The van der Waals surface area contributed by atoms with Gasteiger partial charge in [0.2, 0.25) is 0 Å². The molecule has 0 aliphatic heterocycles. The summed E-state index contributed by atoms with van der Waals surface area (Å²) in [7, 11) is 0. The third-order valence-electron chi connectivity index (χ3n) is 3.17. The van der Waals surface area contributed by atoms with Crippen molar-refractivity contribution in [1.29, 1.82) is 0 Å². The summed E-state index contributed by atoms with van der Waals surface area (Å²) in [5.41, 5.74) is 12.8. The van der Waals surface area contributed by atoms with Gasteiger partial charge in [-0.2, -0.15) is 0 Å². The van der Waals surface area contributed by atoms with Crippen LogP contribution in [0.25, 0.3) is 0 Å². The zero-order valence-corrected chi connectivity index (χ0v) is 11.3. The van der Waals surface area contributed by atoms with Gasteiger partial charge in [-0.3, -0.25) is 4.79 Å². The van der Waals surface area contributed by atoms with Gasteiger partial charge >= 0.3 is 5.97 Å². The maximum absolute atomic E-state index is 12.4. The number of Topliss-reactive ketones (excluding diaryl/α,β-unsaturated/α-hetero) is 1. The van der Waals surface area contributed by atoms with Crippen molar-refractivity contribution in [2.24, 2.45) is 5.73 Å². The van der Waals surface area contributed by atoms with E-state index in [1.165, 1.54) is 18.2 Å². The van der Waals surface area contributed by atoms with Gasteiger partial charge in [0.05, 0.1) is 11.6 Å². The van der Waals surface area contributed by atoms with Crippen molar-refractivity contribution in [1.82, 2.24) is 0 Å². The maximum Gasteiger partial charge on any atom is 0.336 e. The van der Waals surface area contributed by atoms with Crippen molar-refractivity contribution in [2.45, 2.75) is 12.5 Å². The van der Waals surface area contributed by atoms with E-state index in [1.54, 1.807) is 0 Å². The lowest BCUT2D eigenvalue weighted by Gasteiger charge is -2.13. The molecule has 0 saturated heterocycles. The lowest BCUT2D eigenvalue weighted by atomic mass is 9.94. The smallest absolute Gasteiger partial charge is 0.336 e. The zero-order chi connectivity index (χ0) is 15.4. The van der Waals surface area contributed by atoms with Crippen LogP contribution in [0.5, 0.6) is 0 Å². The van der Waals surface area contributed by atoms with Crippen LogP contribution in [-0.4, -0.2) is 22.9 Å². The van der Waals surface area contributed by atoms with Crippen LogP contribution >= 0.6 is 0 Å². The zero-order valence-electron chi connectivity index (χ0n) is 11.3. The molecule has 2 aromatic carbocycles. The fourth-order valence-electron chi connectivity index (χ4n) is 2.11. The third kappa shape index (κ3) is 3.46. The van der Waals surface area contributed by atoms with Crippen LogP contribution in [-0.2, 0) is 6.42 Å². The number of nitrogen functional groups attached to an aromatic ring is 1. The predicted molar refractivity (Wildman–Crippen MR) is 80.3 cm³/mol. The Hall–Kier alpha value is -2.66. The number of anilines is 1. The fourth-order valence-corrected chi connectivity index (χ4v) is 2.11. The van der Waals surface area contributed by atoms with Crippen LogP contribution in [0.3, 0.4) is 0 Å². The molecule has 2 rings (SSSR count). The van der Waals surface area contributed by atoms with Crippen LogP contribution in [0.4, 0.5) is 5.69 Å². The standard InChI is InChI=1S/C16H16N2O3/c17-11-6-7-12(16(20)21)13(9-11)15(19)14(18)8-10-4-2-1-3-5-10/h1-7,9,14H,8,17-18H2,(H,20,21)/t14-/m0/s1. The molecule has 0 heterocycles. The summed E-state index contributed by atoms with van der Waals surface area (Å²) in [6.07, 6.45) is 0.341. The Morgan fingerprint density at radius 1 is 1.05 bits per heavy atom. The molecule has 0 aromatic heterocycles. The van der Waals surface area contributed by atoms with Gasteiger partial charge in [-0.1, -0.05) is 30.3 Å². The van der Waals surface area contributed by atoms with Gasteiger partial charge in [0.1, 0.15) is 0 Å². The molecule has 0 unspecified atom stereocenters. The summed E-state index contributed by atoms with van der Waals surface area (Å²) in [4.78, 5) is 23.6. The summed E-state index contributed by atoms with van der Waals surface area (Å²) in [6.45, 7) is 0. The number of hydrogen-bond donors (Lipinski definition) is 3. The van der Waals surface area contributed by atoms with E-state index in [2.05, 4.69) is 0 Å². The SMILES string of the molecule is Nc1ccc(C(=O)O)c(C(=O)[C@@H](N)Cc2ccccc2)c1. The summed E-state index contributed by atoms with van der Waals surface area (Å²) in [5.74, 6) is -1.60. The number of nitrogens with two attached hydrogens (primary N) is 2. The Balaban J connectivity index is 2.27. The summed E-state index contributed by atoms with van der Waals surface area (Å²) in [5, 5.41) is 9.14. The second-order valence-electron chi connectivity index (χ2n) is 4.77. The minimum atomic E-state index is -1.18. The predicted octanol–water partition coefficient (Wildman–Crippen LogP) is 1.72. The van der Waals surface area contributed by atoms with Gasteiger partial charge in [0.25, 0.3) is 0 Å². The van der Waals surface area contributed by atoms with Crippen molar-refractivity contribution in [3.8, 4) is 0 Å². The minimum absolute atomic E-state index is 0.0472. The number of ketones is 1. The average Bonchev–Trinajstić information content (AvgIpc) is 2.47. The highest BCUT2D eigenvalue weighted by molar-refractivity contribution is 6.08. The second kappa shape index (κ2) is 6.19. The first-order valence-electron chi connectivity index (χ1n) is 6.45. The van der Waals surface area contributed by atoms with Crippen LogP contribution in [0.1, 0.15) is 26.3 Å². The maximum atomic E-state index is 12.4. The average molecular weight is 284 g/mol. The van der Waals surface area contributed by atoms with E-state index >= 15 is 0 Å². The van der Waals surface area contributed by atoms with Gasteiger partial charge in [-0.15, -0.1) is 0 Å². The van der Waals surface area contributed by atoms with E-state index in [1.807, 2.05) is 30.3 Å². The van der Waals surface area contributed by atoms with E-state index in [0.717, 1.165) is 5.56 Å². The number of rotatable bonds is 5. The second-order valence-corrected chi connectivity index (χ2v) is 4.77. The number of carbonyl (C=O) groups is 2. The molecule has 1 atom stereocenters. The Morgan fingerprint density at radius 3 is 2.33 bits per heavy atom. The first-order chi connectivity index (χ1) is 9.99. The molecule has 2 aromatic rings. The summed E-state index contributed by atoms with van der Waals surface area (Å²) >= 11 is 0.